The maximum atomic E-state index is 4.81. The van der Waals surface area contributed by atoms with Crippen LogP contribution in [-0.2, 0) is 26.1 Å². The molecule has 1 aromatic carbocycles. The molecule has 4 nitrogen and oxygen atoms in total. The SMILES string of the molecule is CSc1nc2c(c(N3Cc4ccccc4C3)n1)CNCC2. The molecule has 5 heteroatoms. The van der Waals surface area contributed by atoms with E-state index in [9.17, 15) is 0 Å². The van der Waals surface area contributed by atoms with Crippen LogP contribution in [0, 0.1) is 0 Å². The van der Waals surface area contributed by atoms with E-state index in [2.05, 4.69) is 34.5 Å². The molecular formula is C16H18N4S. The molecule has 1 N–H and O–H groups in total. The predicted octanol–water partition coefficient (Wildman–Crippen LogP) is 2.36. The van der Waals surface area contributed by atoms with Gasteiger partial charge in [-0.15, -0.1) is 0 Å². The Bertz CT molecular complexity index is 661. The van der Waals surface area contributed by atoms with Crippen LogP contribution in [0.15, 0.2) is 29.4 Å². The molecule has 0 spiro atoms. The lowest BCUT2D eigenvalue weighted by Gasteiger charge is -2.25. The van der Waals surface area contributed by atoms with Gasteiger partial charge >= 0.3 is 0 Å². The van der Waals surface area contributed by atoms with Crippen LogP contribution in [-0.4, -0.2) is 22.8 Å². The molecule has 0 aliphatic carbocycles. The zero-order chi connectivity index (χ0) is 14.2. The van der Waals surface area contributed by atoms with Crippen LogP contribution in [0.1, 0.15) is 22.4 Å². The Hall–Kier alpha value is -1.59. The second kappa shape index (κ2) is 5.31. The highest BCUT2D eigenvalue weighted by molar-refractivity contribution is 7.98. The van der Waals surface area contributed by atoms with Gasteiger partial charge in [0.1, 0.15) is 5.82 Å². The minimum absolute atomic E-state index is 0.881. The number of hydrogen-bond acceptors (Lipinski definition) is 5. The third-order valence-corrected chi connectivity index (χ3v) is 4.76. The molecule has 4 rings (SSSR count). The van der Waals surface area contributed by atoms with E-state index < -0.39 is 0 Å². The van der Waals surface area contributed by atoms with Crippen LogP contribution in [0.4, 0.5) is 5.82 Å². The number of thioether (sulfide) groups is 1. The smallest absolute Gasteiger partial charge is 0.189 e. The summed E-state index contributed by atoms with van der Waals surface area (Å²) in [5, 5.41) is 4.34. The lowest BCUT2D eigenvalue weighted by Crippen LogP contribution is -2.29. The van der Waals surface area contributed by atoms with Gasteiger partial charge in [-0.1, -0.05) is 36.0 Å². The molecule has 1 aromatic heterocycles. The van der Waals surface area contributed by atoms with Crippen molar-refractivity contribution in [1.82, 2.24) is 15.3 Å². The summed E-state index contributed by atoms with van der Waals surface area (Å²) in [5.74, 6) is 1.12. The third-order valence-electron chi connectivity index (χ3n) is 4.21. The highest BCUT2D eigenvalue weighted by atomic mass is 32.2. The van der Waals surface area contributed by atoms with Crippen LogP contribution >= 0.6 is 11.8 Å². The molecular weight excluding hydrogens is 280 g/mol. The summed E-state index contributed by atoms with van der Waals surface area (Å²) in [5.41, 5.74) is 5.34. The number of benzene rings is 1. The van der Waals surface area contributed by atoms with E-state index in [1.807, 2.05) is 6.26 Å². The van der Waals surface area contributed by atoms with Crippen molar-refractivity contribution >= 4 is 17.6 Å². The highest BCUT2D eigenvalue weighted by Crippen LogP contribution is 2.32. The first-order valence-electron chi connectivity index (χ1n) is 7.31. The lowest BCUT2D eigenvalue weighted by atomic mass is 10.1. The van der Waals surface area contributed by atoms with Gasteiger partial charge in [0.2, 0.25) is 0 Å². The molecule has 108 valence electrons. The Labute approximate surface area is 129 Å². The summed E-state index contributed by atoms with van der Waals surface area (Å²) in [6.45, 7) is 3.80. The fourth-order valence-electron chi connectivity index (χ4n) is 3.14. The van der Waals surface area contributed by atoms with Gasteiger partial charge in [0.25, 0.3) is 0 Å². The number of fused-ring (bicyclic) bond motifs is 2. The van der Waals surface area contributed by atoms with E-state index >= 15 is 0 Å². The second-order valence-electron chi connectivity index (χ2n) is 5.51. The molecule has 0 atom stereocenters. The number of aromatic nitrogens is 2. The van der Waals surface area contributed by atoms with E-state index in [0.717, 1.165) is 43.6 Å². The summed E-state index contributed by atoms with van der Waals surface area (Å²) in [7, 11) is 0. The minimum Gasteiger partial charge on any atom is -0.348 e. The maximum absolute atomic E-state index is 4.81. The Balaban J connectivity index is 1.75. The third kappa shape index (κ3) is 2.30. The second-order valence-corrected chi connectivity index (χ2v) is 6.28. The number of anilines is 1. The van der Waals surface area contributed by atoms with Crippen molar-refractivity contribution in [2.24, 2.45) is 0 Å². The first-order valence-corrected chi connectivity index (χ1v) is 8.54. The zero-order valence-electron chi connectivity index (χ0n) is 12.1. The Morgan fingerprint density at radius 2 is 1.90 bits per heavy atom. The fraction of sp³-hybridized carbons (Fsp3) is 0.375. The molecule has 0 saturated heterocycles. The van der Waals surface area contributed by atoms with Gasteiger partial charge in [-0.3, -0.25) is 0 Å². The van der Waals surface area contributed by atoms with E-state index in [1.165, 1.54) is 22.4 Å². The maximum Gasteiger partial charge on any atom is 0.189 e. The van der Waals surface area contributed by atoms with Crippen molar-refractivity contribution in [2.75, 3.05) is 17.7 Å². The molecule has 2 aliphatic heterocycles. The molecule has 3 heterocycles. The molecule has 0 saturated carbocycles. The summed E-state index contributed by atoms with van der Waals surface area (Å²) < 4.78 is 0. The van der Waals surface area contributed by atoms with Gasteiger partial charge in [0.05, 0.1) is 5.69 Å². The van der Waals surface area contributed by atoms with Crippen molar-refractivity contribution in [3.05, 3.63) is 46.6 Å². The topological polar surface area (TPSA) is 41.1 Å². The molecule has 0 unspecified atom stereocenters. The summed E-state index contributed by atoms with van der Waals surface area (Å²) in [6.07, 6.45) is 3.05. The van der Waals surface area contributed by atoms with Gasteiger partial charge in [0, 0.05) is 38.2 Å². The predicted molar refractivity (Wildman–Crippen MR) is 85.6 cm³/mol. The first kappa shape index (κ1) is 13.1. The van der Waals surface area contributed by atoms with Crippen LogP contribution in [0.5, 0.6) is 0 Å². The lowest BCUT2D eigenvalue weighted by molar-refractivity contribution is 0.611. The zero-order valence-corrected chi connectivity index (χ0v) is 12.9. The standard InChI is InChI=1S/C16H18N4S/c1-21-16-18-14-6-7-17-8-13(14)15(19-16)20-9-11-4-2-3-5-12(11)10-20/h2-5,17H,6-10H2,1H3. The largest absolute Gasteiger partial charge is 0.348 e. The molecule has 0 amide bonds. The van der Waals surface area contributed by atoms with Crippen LogP contribution in [0.25, 0.3) is 0 Å². The molecule has 0 bridgehead atoms. The van der Waals surface area contributed by atoms with Crippen molar-refractivity contribution in [3.8, 4) is 0 Å². The van der Waals surface area contributed by atoms with Crippen molar-refractivity contribution < 1.29 is 0 Å². The summed E-state index contributed by atoms with van der Waals surface area (Å²) in [6, 6.07) is 8.67. The van der Waals surface area contributed by atoms with Crippen molar-refractivity contribution in [2.45, 2.75) is 31.2 Å². The van der Waals surface area contributed by atoms with Crippen molar-refractivity contribution in [3.63, 3.8) is 0 Å². The van der Waals surface area contributed by atoms with Gasteiger partial charge in [0.15, 0.2) is 5.16 Å². The van der Waals surface area contributed by atoms with E-state index in [4.69, 9.17) is 9.97 Å². The highest BCUT2D eigenvalue weighted by Gasteiger charge is 2.25. The van der Waals surface area contributed by atoms with Gasteiger partial charge in [-0.2, -0.15) is 0 Å². The van der Waals surface area contributed by atoms with Gasteiger partial charge in [-0.05, 0) is 17.4 Å². The van der Waals surface area contributed by atoms with Crippen LogP contribution < -0.4 is 10.2 Å². The Morgan fingerprint density at radius 3 is 2.62 bits per heavy atom. The Kier molecular flexibility index (Phi) is 3.31. The van der Waals surface area contributed by atoms with Crippen LogP contribution in [0.3, 0.4) is 0 Å². The normalized spacial score (nSPS) is 16.7. The first-order chi connectivity index (χ1) is 10.3. The van der Waals surface area contributed by atoms with E-state index in [0.29, 0.717) is 0 Å². The van der Waals surface area contributed by atoms with Gasteiger partial charge < -0.3 is 10.2 Å². The average Bonchev–Trinajstić information content (AvgIpc) is 2.97. The molecule has 21 heavy (non-hydrogen) atoms. The van der Waals surface area contributed by atoms with Gasteiger partial charge in [-0.25, -0.2) is 9.97 Å². The number of nitrogens with zero attached hydrogens (tertiary/aromatic N) is 3. The molecule has 0 fully saturated rings. The van der Waals surface area contributed by atoms with Crippen LogP contribution in [0.2, 0.25) is 0 Å². The number of nitrogens with one attached hydrogen (secondary N) is 1. The van der Waals surface area contributed by atoms with E-state index in [-0.39, 0.29) is 0 Å². The molecule has 2 aromatic rings. The van der Waals surface area contributed by atoms with E-state index in [1.54, 1.807) is 11.8 Å². The molecule has 2 aliphatic rings. The van der Waals surface area contributed by atoms with Crippen molar-refractivity contribution in [1.29, 1.82) is 0 Å². The minimum atomic E-state index is 0.881. The number of rotatable bonds is 2. The molecule has 0 radical (unpaired) electrons. The summed E-state index contributed by atoms with van der Waals surface area (Å²) >= 11 is 1.63. The fourth-order valence-corrected chi connectivity index (χ4v) is 3.52. The number of hydrogen-bond donors (Lipinski definition) is 1. The summed E-state index contributed by atoms with van der Waals surface area (Å²) in [4.78, 5) is 11.9. The quantitative estimate of drug-likeness (QED) is 0.681. The Morgan fingerprint density at radius 1 is 1.14 bits per heavy atom. The average molecular weight is 298 g/mol. The monoisotopic (exact) mass is 298 g/mol.